The van der Waals surface area contributed by atoms with Crippen LogP contribution in [0, 0.1) is 0 Å². The Morgan fingerprint density at radius 2 is 1.72 bits per heavy atom. The second-order valence-electron chi connectivity index (χ2n) is 4.17. The maximum Gasteiger partial charge on any atom is 0.287 e. The van der Waals surface area contributed by atoms with E-state index in [-0.39, 0.29) is 5.75 Å². The first-order valence-electron chi connectivity index (χ1n) is 5.61. The number of nitrogens with zero attached hydrogens (tertiary/aromatic N) is 2. The van der Waals surface area contributed by atoms with E-state index in [2.05, 4.69) is 4.79 Å². The van der Waals surface area contributed by atoms with Crippen LogP contribution in [0.4, 0.5) is 0 Å². The normalized spacial score (nSPS) is 10.4. The standard InChI is InChI=1S/C15H10N2O/c16-17-9-10-5-6-12-8-11-3-1-2-4-13(11)15(18)14(12)7-10/h1-9,18H. The van der Waals surface area contributed by atoms with Gasteiger partial charge in [0.05, 0.1) is 5.56 Å². The summed E-state index contributed by atoms with van der Waals surface area (Å²) in [5, 5.41) is 13.8. The predicted octanol–water partition coefficient (Wildman–Crippen LogP) is 3.35. The third kappa shape index (κ3) is 1.54. The van der Waals surface area contributed by atoms with Gasteiger partial charge in [0.15, 0.2) is 0 Å². The Labute approximate surface area is 104 Å². The first kappa shape index (κ1) is 10.5. The topological polar surface area (TPSA) is 56.6 Å². The van der Waals surface area contributed by atoms with Gasteiger partial charge in [-0.25, -0.2) is 0 Å². The minimum atomic E-state index is 0.260. The molecule has 0 spiro atoms. The third-order valence-corrected chi connectivity index (χ3v) is 3.07. The van der Waals surface area contributed by atoms with E-state index < -0.39 is 0 Å². The van der Waals surface area contributed by atoms with E-state index >= 15 is 0 Å². The molecule has 0 saturated carbocycles. The SMILES string of the molecule is [N-]=[N+]=Cc1ccc2cc3ccccc3c(O)c2c1. The summed E-state index contributed by atoms with van der Waals surface area (Å²) in [6, 6.07) is 15.3. The highest BCUT2D eigenvalue weighted by Crippen LogP contribution is 2.33. The third-order valence-electron chi connectivity index (χ3n) is 3.07. The molecule has 0 aliphatic heterocycles. The molecule has 3 heteroatoms. The van der Waals surface area contributed by atoms with Crippen LogP contribution in [0.15, 0.2) is 48.5 Å². The Hall–Kier alpha value is -2.64. The highest BCUT2D eigenvalue weighted by Gasteiger charge is 2.07. The van der Waals surface area contributed by atoms with Gasteiger partial charge in [-0.15, -0.1) is 0 Å². The molecular weight excluding hydrogens is 224 g/mol. The summed E-state index contributed by atoms with van der Waals surface area (Å²) in [6.07, 6.45) is 1.34. The fraction of sp³-hybridized carbons (Fsp3) is 0. The molecule has 0 atom stereocenters. The summed E-state index contributed by atoms with van der Waals surface area (Å²) >= 11 is 0. The lowest BCUT2D eigenvalue weighted by atomic mass is 10.0. The van der Waals surface area contributed by atoms with Gasteiger partial charge in [-0.2, -0.15) is 4.79 Å². The van der Waals surface area contributed by atoms with Crippen molar-refractivity contribution < 1.29 is 9.90 Å². The largest absolute Gasteiger partial charge is 0.507 e. The molecule has 86 valence electrons. The number of aromatic hydroxyl groups is 1. The van der Waals surface area contributed by atoms with Crippen molar-refractivity contribution in [3.05, 3.63) is 59.6 Å². The van der Waals surface area contributed by atoms with Crippen molar-refractivity contribution in [2.45, 2.75) is 0 Å². The molecule has 0 aliphatic carbocycles. The number of benzene rings is 3. The number of hydrogen-bond acceptors (Lipinski definition) is 1. The highest BCUT2D eigenvalue weighted by atomic mass is 16.3. The summed E-state index contributed by atoms with van der Waals surface area (Å²) in [5.74, 6) is 0.260. The van der Waals surface area contributed by atoms with E-state index in [9.17, 15) is 5.11 Å². The van der Waals surface area contributed by atoms with Crippen molar-refractivity contribution in [2.24, 2.45) is 0 Å². The Bertz CT molecular complexity index is 802. The van der Waals surface area contributed by atoms with Gasteiger partial charge in [-0.3, -0.25) is 0 Å². The van der Waals surface area contributed by atoms with Crippen molar-refractivity contribution in [2.75, 3.05) is 0 Å². The molecule has 3 nitrogen and oxygen atoms in total. The van der Waals surface area contributed by atoms with Gasteiger partial charge in [0.1, 0.15) is 5.75 Å². The Morgan fingerprint density at radius 1 is 0.944 bits per heavy atom. The molecule has 0 radical (unpaired) electrons. The second kappa shape index (κ2) is 3.99. The number of phenolic OH excluding ortho intramolecular Hbond substituents is 1. The van der Waals surface area contributed by atoms with E-state index in [1.807, 2.05) is 42.5 Å². The summed E-state index contributed by atoms with van der Waals surface area (Å²) in [4.78, 5) is 3.00. The molecule has 0 amide bonds. The smallest absolute Gasteiger partial charge is 0.287 e. The van der Waals surface area contributed by atoms with E-state index in [1.54, 1.807) is 6.07 Å². The van der Waals surface area contributed by atoms with Crippen molar-refractivity contribution in [3.63, 3.8) is 0 Å². The van der Waals surface area contributed by atoms with Crippen LogP contribution in [-0.2, 0) is 0 Å². The molecule has 0 saturated heterocycles. The first-order chi connectivity index (χ1) is 8.79. The zero-order valence-corrected chi connectivity index (χ0v) is 9.54. The van der Waals surface area contributed by atoms with Gasteiger partial charge in [-0.05, 0) is 29.0 Å². The predicted molar refractivity (Wildman–Crippen MR) is 71.9 cm³/mol. The number of phenols is 1. The van der Waals surface area contributed by atoms with Crippen LogP contribution >= 0.6 is 0 Å². The molecule has 0 aliphatic rings. The fourth-order valence-electron chi connectivity index (χ4n) is 2.20. The summed E-state index contributed by atoms with van der Waals surface area (Å²) in [7, 11) is 0. The molecule has 0 unspecified atom stereocenters. The van der Waals surface area contributed by atoms with Gasteiger partial charge < -0.3 is 10.6 Å². The monoisotopic (exact) mass is 234 g/mol. The highest BCUT2D eigenvalue weighted by molar-refractivity contribution is 6.06. The van der Waals surface area contributed by atoms with Gasteiger partial charge in [0.2, 0.25) is 0 Å². The van der Waals surface area contributed by atoms with Crippen molar-refractivity contribution in [1.82, 2.24) is 0 Å². The number of hydrogen-bond donors (Lipinski definition) is 1. The Kier molecular flexibility index (Phi) is 2.33. The zero-order valence-electron chi connectivity index (χ0n) is 9.54. The average molecular weight is 234 g/mol. The van der Waals surface area contributed by atoms with E-state index in [0.717, 1.165) is 27.1 Å². The van der Waals surface area contributed by atoms with Crippen LogP contribution in [0.25, 0.3) is 27.1 Å². The molecule has 1 N–H and O–H groups in total. The molecule has 0 bridgehead atoms. The maximum atomic E-state index is 10.3. The minimum Gasteiger partial charge on any atom is -0.507 e. The van der Waals surface area contributed by atoms with E-state index in [4.69, 9.17) is 5.53 Å². The molecule has 3 aromatic rings. The molecule has 0 heterocycles. The van der Waals surface area contributed by atoms with Crippen LogP contribution < -0.4 is 0 Å². The summed E-state index contributed by atoms with van der Waals surface area (Å²) < 4.78 is 0. The van der Waals surface area contributed by atoms with Crippen LogP contribution in [0.5, 0.6) is 5.75 Å². The van der Waals surface area contributed by atoms with Crippen molar-refractivity contribution in [1.29, 1.82) is 0 Å². The lowest BCUT2D eigenvalue weighted by Gasteiger charge is -2.06. The van der Waals surface area contributed by atoms with Crippen molar-refractivity contribution in [3.8, 4) is 5.75 Å². The van der Waals surface area contributed by atoms with E-state index in [1.165, 1.54) is 6.21 Å². The first-order valence-corrected chi connectivity index (χ1v) is 5.61. The minimum absolute atomic E-state index is 0.260. The number of rotatable bonds is 1. The van der Waals surface area contributed by atoms with Crippen molar-refractivity contribution >= 4 is 27.8 Å². The Morgan fingerprint density at radius 3 is 2.56 bits per heavy atom. The van der Waals surface area contributed by atoms with Gasteiger partial charge in [-0.1, -0.05) is 30.3 Å². The summed E-state index contributed by atoms with van der Waals surface area (Å²) in [5.41, 5.74) is 9.29. The van der Waals surface area contributed by atoms with E-state index in [0.29, 0.717) is 0 Å². The maximum absolute atomic E-state index is 10.3. The zero-order chi connectivity index (χ0) is 12.5. The van der Waals surface area contributed by atoms with Crippen LogP contribution in [0.1, 0.15) is 5.56 Å². The van der Waals surface area contributed by atoms with Gasteiger partial charge >= 0.3 is 0 Å². The lowest BCUT2D eigenvalue weighted by molar-refractivity contribution is 0.00457. The molecule has 3 rings (SSSR count). The van der Waals surface area contributed by atoms with Gasteiger partial charge in [0, 0.05) is 10.8 Å². The summed E-state index contributed by atoms with van der Waals surface area (Å²) in [6.45, 7) is 0. The average Bonchev–Trinajstić information content (AvgIpc) is 2.40. The molecule has 3 aromatic carbocycles. The molecular formula is C15H10N2O. The molecule has 0 fully saturated rings. The van der Waals surface area contributed by atoms with Gasteiger partial charge in [0.25, 0.3) is 6.21 Å². The second-order valence-corrected chi connectivity index (χ2v) is 4.17. The van der Waals surface area contributed by atoms with Crippen LogP contribution in [0.2, 0.25) is 0 Å². The van der Waals surface area contributed by atoms with Crippen LogP contribution in [-0.4, -0.2) is 16.1 Å². The molecule has 0 aromatic heterocycles. The van der Waals surface area contributed by atoms with Crippen LogP contribution in [0.3, 0.4) is 0 Å². The lowest BCUT2D eigenvalue weighted by Crippen LogP contribution is -1.84. The Balaban J connectivity index is 2.44. The number of fused-ring (bicyclic) bond motifs is 2. The fourth-order valence-corrected chi connectivity index (χ4v) is 2.20. The quantitative estimate of drug-likeness (QED) is 0.298. The molecule has 18 heavy (non-hydrogen) atoms.